The molecule has 2 aromatic rings. The summed E-state index contributed by atoms with van der Waals surface area (Å²) in [6.45, 7) is 5.76. The van der Waals surface area contributed by atoms with Crippen molar-refractivity contribution in [1.29, 1.82) is 0 Å². The zero-order valence-corrected chi connectivity index (χ0v) is 14.6. The van der Waals surface area contributed by atoms with E-state index in [-0.39, 0.29) is 5.91 Å². The first kappa shape index (κ1) is 16.4. The van der Waals surface area contributed by atoms with Crippen molar-refractivity contribution >= 4 is 17.4 Å². The van der Waals surface area contributed by atoms with E-state index in [1.165, 1.54) is 11.3 Å². The summed E-state index contributed by atoms with van der Waals surface area (Å²) < 4.78 is 1.75. The molecule has 0 N–H and O–H groups in total. The van der Waals surface area contributed by atoms with Crippen LogP contribution in [-0.4, -0.2) is 60.4 Å². The summed E-state index contributed by atoms with van der Waals surface area (Å²) in [5.41, 5.74) is 2.51. The predicted molar refractivity (Wildman–Crippen MR) is 96.5 cm³/mol. The minimum atomic E-state index is 0.159. The molecule has 0 aliphatic carbocycles. The largest absolute Gasteiger partial charge is 0.368 e. The molecule has 1 aromatic carbocycles. The third kappa shape index (κ3) is 3.69. The predicted octanol–water partition coefficient (Wildman–Crippen LogP) is 1.51. The second-order valence-electron chi connectivity index (χ2n) is 6.41. The molecule has 3 rings (SSSR count). The van der Waals surface area contributed by atoms with Gasteiger partial charge in [0.1, 0.15) is 0 Å². The van der Waals surface area contributed by atoms with E-state index in [1.54, 1.807) is 4.68 Å². The van der Waals surface area contributed by atoms with E-state index in [0.29, 0.717) is 6.54 Å². The van der Waals surface area contributed by atoms with Gasteiger partial charge < -0.3 is 14.7 Å². The van der Waals surface area contributed by atoms with Gasteiger partial charge in [0, 0.05) is 58.2 Å². The van der Waals surface area contributed by atoms with Gasteiger partial charge in [-0.2, -0.15) is 5.10 Å². The quantitative estimate of drug-likeness (QED) is 0.854. The Morgan fingerprint density at radius 3 is 2.58 bits per heavy atom. The third-order valence-electron chi connectivity index (χ3n) is 4.46. The van der Waals surface area contributed by atoms with Crippen LogP contribution in [0.3, 0.4) is 0 Å². The molecule has 1 aromatic heterocycles. The number of nitrogens with zero attached hydrogens (tertiary/aromatic N) is 5. The highest BCUT2D eigenvalue weighted by Gasteiger charge is 2.22. The number of carbonyl (C=O) groups excluding carboxylic acids is 1. The van der Waals surface area contributed by atoms with E-state index in [2.05, 4.69) is 41.2 Å². The van der Waals surface area contributed by atoms with E-state index in [0.717, 1.165) is 32.0 Å². The molecule has 6 heteroatoms. The Morgan fingerprint density at radius 1 is 1.21 bits per heavy atom. The number of hydrogen-bond donors (Lipinski definition) is 0. The molecular formula is C18H25N5O. The van der Waals surface area contributed by atoms with Gasteiger partial charge in [-0.25, -0.2) is 0 Å². The second-order valence-corrected chi connectivity index (χ2v) is 6.41. The van der Waals surface area contributed by atoms with Crippen LogP contribution in [-0.2, 0) is 11.8 Å². The molecule has 1 aliphatic heterocycles. The summed E-state index contributed by atoms with van der Waals surface area (Å²) in [5.74, 6) is 0.983. The van der Waals surface area contributed by atoms with Gasteiger partial charge in [0.05, 0.1) is 6.54 Å². The topological polar surface area (TPSA) is 44.6 Å². The molecule has 1 aliphatic rings. The maximum atomic E-state index is 12.5. The highest BCUT2D eigenvalue weighted by Crippen LogP contribution is 2.18. The third-order valence-corrected chi connectivity index (χ3v) is 4.46. The smallest absolute Gasteiger partial charge is 0.242 e. The van der Waals surface area contributed by atoms with Gasteiger partial charge >= 0.3 is 0 Å². The summed E-state index contributed by atoms with van der Waals surface area (Å²) in [4.78, 5) is 18.7. The van der Waals surface area contributed by atoms with Crippen LogP contribution in [0, 0.1) is 6.92 Å². The zero-order valence-electron chi connectivity index (χ0n) is 14.6. The number of aromatic nitrogens is 2. The number of piperazine rings is 1. The Labute approximate surface area is 143 Å². The monoisotopic (exact) mass is 327 g/mol. The number of anilines is 2. The minimum Gasteiger partial charge on any atom is -0.368 e. The van der Waals surface area contributed by atoms with Crippen LogP contribution in [0.4, 0.5) is 11.5 Å². The van der Waals surface area contributed by atoms with Gasteiger partial charge in [0.15, 0.2) is 5.82 Å². The van der Waals surface area contributed by atoms with Crippen LogP contribution >= 0.6 is 0 Å². The average molecular weight is 327 g/mol. The molecule has 0 bridgehead atoms. The molecule has 0 saturated carbocycles. The molecule has 24 heavy (non-hydrogen) atoms. The van der Waals surface area contributed by atoms with Crippen molar-refractivity contribution in [3.63, 3.8) is 0 Å². The van der Waals surface area contributed by atoms with E-state index in [4.69, 9.17) is 0 Å². The Balaban J connectivity index is 1.53. The lowest BCUT2D eigenvalue weighted by atomic mass is 10.2. The molecule has 0 radical (unpaired) electrons. The lowest BCUT2D eigenvalue weighted by Crippen LogP contribution is -2.51. The van der Waals surface area contributed by atoms with Gasteiger partial charge in [-0.3, -0.25) is 9.48 Å². The van der Waals surface area contributed by atoms with E-state index in [9.17, 15) is 4.79 Å². The van der Waals surface area contributed by atoms with Crippen molar-refractivity contribution in [3.8, 4) is 0 Å². The number of amides is 1. The van der Waals surface area contributed by atoms with Crippen molar-refractivity contribution in [2.75, 3.05) is 49.6 Å². The van der Waals surface area contributed by atoms with Crippen molar-refractivity contribution in [1.82, 2.24) is 14.7 Å². The van der Waals surface area contributed by atoms with E-state index in [1.807, 2.05) is 36.2 Å². The molecule has 2 heterocycles. The second kappa shape index (κ2) is 6.95. The van der Waals surface area contributed by atoms with Gasteiger partial charge in [-0.1, -0.05) is 12.1 Å². The maximum absolute atomic E-state index is 12.5. The van der Waals surface area contributed by atoms with E-state index >= 15 is 0 Å². The zero-order chi connectivity index (χ0) is 17.1. The van der Waals surface area contributed by atoms with Crippen LogP contribution in [0.15, 0.2) is 36.5 Å². The molecule has 1 fully saturated rings. The molecule has 1 saturated heterocycles. The van der Waals surface area contributed by atoms with Crippen LogP contribution in [0.1, 0.15) is 5.56 Å². The average Bonchev–Trinajstić information content (AvgIpc) is 3.01. The summed E-state index contributed by atoms with van der Waals surface area (Å²) in [6.07, 6.45) is 1.89. The fourth-order valence-corrected chi connectivity index (χ4v) is 3.03. The van der Waals surface area contributed by atoms with Crippen LogP contribution in [0.25, 0.3) is 0 Å². The summed E-state index contributed by atoms with van der Waals surface area (Å²) in [6, 6.07) is 10.5. The van der Waals surface area contributed by atoms with Gasteiger partial charge in [0.2, 0.25) is 5.91 Å². The highest BCUT2D eigenvalue weighted by atomic mass is 16.2. The maximum Gasteiger partial charge on any atom is 0.242 e. The molecule has 128 valence electrons. The Hall–Kier alpha value is -2.50. The van der Waals surface area contributed by atoms with Crippen molar-refractivity contribution in [2.45, 2.75) is 6.92 Å². The van der Waals surface area contributed by atoms with Gasteiger partial charge in [0.25, 0.3) is 0 Å². The van der Waals surface area contributed by atoms with Crippen LogP contribution < -0.4 is 9.80 Å². The van der Waals surface area contributed by atoms with Crippen molar-refractivity contribution in [2.24, 2.45) is 7.05 Å². The summed E-state index contributed by atoms with van der Waals surface area (Å²) in [5, 5.41) is 4.33. The Bertz CT molecular complexity index is 703. The lowest BCUT2D eigenvalue weighted by Gasteiger charge is -2.36. The normalized spacial score (nSPS) is 14.8. The van der Waals surface area contributed by atoms with Crippen LogP contribution in [0.5, 0.6) is 0 Å². The molecule has 6 nitrogen and oxygen atoms in total. The Morgan fingerprint density at radius 2 is 1.96 bits per heavy atom. The number of aryl methyl sites for hydroxylation is 2. The summed E-state index contributed by atoms with van der Waals surface area (Å²) >= 11 is 0. The van der Waals surface area contributed by atoms with Crippen LogP contribution in [0.2, 0.25) is 0 Å². The number of hydrogen-bond acceptors (Lipinski definition) is 4. The summed E-state index contributed by atoms with van der Waals surface area (Å²) in [7, 11) is 3.78. The number of likely N-dealkylation sites (N-methyl/N-ethyl adjacent to an activating group) is 1. The minimum absolute atomic E-state index is 0.159. The lowest BCUT2D eigenvalue weighted by molar-refractivity contribution is -0.129. The standard InChI is InChI=1S/C18H25N5O/c1-15-5-4-6-16(13-15)22-9-11-23(12-10-22)18(24)14-20(2)17-7-8-21(3)19-17/h4-8,13H,9-12,14H2,1-3H3. The molecule has 1 amide bonds. The fourth-order valence-electron chi connectivity index (χ4n) is 3.03. The van der Waals surface area contributed by atoms with Crippen molar-refractivity contribution < 1.29 is 4.79 Å². The highest BCUT2D eigenvalue weighted by molar-refractivity contribution is 5.81. The number of rotatable bonds is 4. The first-order chi connectivity index (χ1) is 11.5. The van der Waals surface area contributed by atoms with Gasteiger partial charge in [-0.05, 0) is 24.6 Å². The number of carbonyl (C=O) groups is 1. The Kier molecular flexibility index (Phi) is 4.74. The van der Waals surface area contributed by atoms with E-state index < -0.39 is 0 Å². The molecule has 0 atom stereocenters. The van der Waals surface area contributed by atoms with Crippen molar-refractivity contribution in [3.05, 3.63) is 42.1 Å². The molecule has 0 unspecified atom stereocenters. The first-order valence-electron chi connectivity index (χ1n) is 8.33. The SMILES string of the molecule is Cc1cccc(N2CCN(C(=O)CN(C)c3ccn(C)n3)CC2)c1. The molecule has 0 spiro atoms. The van der Waals surface area contributed by atoms with Gasteiger partial charge in [-0.15, -0.1) is 0 Å². The fraction of sp³-hybridized carbons (Fsp3) is 0.444. The first-order valence-corrected chi connectivity index (χ1v) is 8.33. The molecular weight excluding hydrogens is 302 g/mol. The number of benzene rings is 1.